The van der Waals surface area contributed by atoms with E-state index in [1.165, 1.54) is 11.3 Å². The Hall–Kier alpha value is -3.64. The van der Waals surface area contributed by atoms with E-state index in [1.807, 2.05) is 102 Å². The third-order valence-electron chi connectivity index (χ3n) is 4.77. The van der Waals surface area contributed by atoms with Crippen molar-refractivity contribution in [1.82, 2.24) is 10.3 Å². The van der Waals surface area contributed by atoms with Crippen molar-refractivity contribution in [3.05, 3.63) is 107 Å². The lowest BCUT2D eigenvalue weighted by molar-refractivity contribution is -0.120. The van der Waals surface area contributed by atoms with Crippen LogP contribution >= 0.6 is 11.3 Å². The fourth-order valence-corrected chi connectivity index (χ4v) is 3.93. The first-order chi connectivity index (χ1) is 15.2. The lowest BCUT2D eigenvalue weighted by atomic mass is 10.1. The standard InChI is InChI=1S/C25H23N3O2S/c1-28(20-12-14-22(15-13-20)30-21-10-6-3-7-11-21)18-23(29)27-24(25-26-16-17-31-25)19-8-4-2-5-9-19/h2-17,24H,18H2,1H3,(H,27,29). The van der Waals surface area contributed by atoms with Crippen molar-refractivity contribution in [1.29, 1.82) is 0 Å². The molecule has 1 heterocycles. The van der Waals surface area contributed by atoms with E-state index >= 15 is 0 Å². The Morgan fingerprint density at radius 3 is 2.26 bits per heavy atom. The summed E-state index contributed by atoms with van der Waals surface area (Å²) in [5, 5.41) is 5.91. The minimum atomic E-state index is -0.260. The Balaban J connectivity index is 1.39. The molecule has 0 saturated heterocycles. The Kier molecular flexibility index (Phi) is 6.59. The molecular formula is C25H23N3O2S. The van der Waals surface area contributed by atoms with Gasteiger partial charge in [0.05, 0.1) is 6.54 Å². The lowest BCUT2D eigenvalue weighted by Gasteiger charge is -2.22. The number of nitrogens with one attached hydrogen (secondary N) is 1. The largest absolute Gasteiger partial charge is 0.457 e. The van der Waals surface area contributed by atoms with Gasteiger partial charge in [0.15, 0.2) is 0 Å². The summed E-state index contributed by atoms with van der Waals surface area (Å²) in [4.78, 5) is 19.1. The minimum Gasteiger partial charge on any atom is -0.457 e. The molecule has 4 rings (SSSR count). The molecular weight excluding hydrogens is 406 g/mol. The second-order valence-corrected chi connectivity index (χ2v) is 7.97. The van der Waals surface area contributed by atoms with Gasteiger partial charge in [0.1, 0.15) is 22.5 Å². The summed E-state index contributed by atoms with van der Waals surface area (Å²) in [6.07, 6.45) is 1.76. The van der Waals surface area contributed by atoms with Crippen molar-refractivity contribution in [3.63, 3.8) is 0 Å². The van der Waals surface area contributed by atoms with Crippen LogP contribution in [0.15, 0.2) is 96.5 Å². The van der Waals surface area contributed by atoms with Gasteiger partial charge in [-0.1, -0.05) is 48.5 Å². The van der Waals surface area contributed by atoms with Crippen LogP contribution in [0.1, 0.15) is 16.6 Å². The van der Waals surface area contributed by atoms with Gasteiger partial charge in [-0.3, -0.25) is 4.79 Å². The van der Waals surface area contributed by atoms with Crippen LogP contribution in [0.25, 0.3) is 0 Å². The number of rotatable bonds is 8. The van der Waals surface area contributed by atoms with Gasteiger partial charge in [0.2, 0.25) is 5.91 Å². The monoisotopic (exact) mass is 429 g/mol. The number of hydrogen-bond donors (Lipinski definition) is 1. The number of para-hydroxylation sites is 1. The predicted molar refractivity (Wildman–Crippen MR) is 125 cm³/mol. The van der Waals surface area contributed by atoms with Crippen molar-refractivity contribution >= 4 is 22.9 Å². The van der Waals surface area contributed by atoms with E-state index in [-0.39, 0.29) is 18.5 Å². The van der Waals surface area contributed by atoms with E-state index in [9.17, 15) is 4.79 Å². The van der Waals surface area contributed by atoms with Crippen molar-refractivity contribution in [2.75, 3.05) is 18.5 Å². The number of benzene rings is 3. The molecule has 1 unspecified atom stereocenters. The maximum Gasteiger partial charge on any atom is 0.240 e. The molecule has 0 bridgehead atoms. The van der Waals surface area contributed by atoms with E-state index in [0.717, 1.165) is 27.8 Å². The predicted octanol–water partition coefficient (Wildman–Crippen LogP) is 5.28. The number of carbonyl (C=O) groups excluding carboxylic acids is 1. The summed E-state index contributed by atoms with van der Waals surface area (Å²) in [7, 11) is 1.90. The average molecular weight is 430 g/mol. The van der Waals surface area contributed by atoms with E-state index in [4.69, 9.17) is 4.74 Å². The van der Waals surface area contributed by atoms with Crippen LogP contribution in [0.4, 0.5) is 5.69 Å². The first-order valence-corrected chi connectivity index (χ1v) is 10.8. The summed E-state index contributed by atoms with van der Waals surface area (Å²) in [5.74, 6) is 1.47. The van der Waals surface area contributed by atoms with E-state index < -0.39 is 0 Å². The summed E-state index contributed by atoms with van der Waals surface area (Å²) in [5.41, 5.74) is 1.94. The van der Waals surface area contributed by atoms with Gasteiger partial charge in [0, 0.05) is 24.3 Å². The molecule has 156 valence electrons. The highest BCUT2D eigenvalue weighted by Crippen LogP contribution is 2.25. The van der Waals surface area contributed by atoms with Crippen LogP contribution in [-0.4, -0.2) is 24.5 Å². The molecule has 1 N–H and O–H groups in total. The van der Waals surface area contributed by atoms with Crippen LogP contribution in [0.3, 0.4) is 0 Å². The fraction of sp³-hybridized carbons (Fsp3) is 0.120. The molecule has 0 radical (unpaired) electrons. The molecule has 4 aromatic rings. The molecule has 1 atom stereocenters. The molecule has 0 aliphatic rings. The smallest absolute Gasteiger partial charge is 0.240 e. The Morgan fingerprint density at radius 2 is 1.61 bits per heavy atom. The zero-order valence-electron chi connectivity index (χ0n) is 17.1. The highest BCUT2D eigenvalue weighted by molar-refractivity contribution is 7.09. The topological polar surface area (TPSA) is 54.5 Å². The third kappa shape index (κ3) is 5.49. The highest BCUT2D eigenvalue weighted by Gasteiger charge is 2.20. The Labute approximate surface area is 186 Å². The second kappa shape index (κ2) is 9.91. The van der Waals surface area contributed by atoms with Crippen LogP contribution in [0.5, 0.6) is 11.5 Å². The molecule has 1 amide bonds. The number of anilines is 1. The van der Waals surface area contributed by atoms with E-state index in [2.05, 4.69) is 10.3 Å². The summed E-state index contributed by atoms with van der Waals surface area (Å²) < 4.78 is 5.83. The Bertz CT molecular complexity index is 1080. The second-order valence-electron chi connectivity index (χ2n) is 7.05. The van der Waals surface area contributed by atoms with Gasteiger partial charge >= 0.3 is 0 Å². The van der Waals surface area contributed by atoms with Gasteiger partial charge in [-0.25, -0.2) is 4.98 Å². The molecule has 1 aromatic heterocycles. The zero-order chi connectivity index (χ0) is 21.5. The van der Waals surface area contributed by atoms with E-state index in [1.54, 1.807) is 6.20 Å². The zero-order valence-corrected chi connectivity index (χ0v) is 18.0. The summed E-state index contributed by atoms with van der Waals surface area (Å²) >= 11 is 1.53. The summed E-state index contributed by atoms with van der Waals surface area (Å²) in [6.45, 7) is 0.230. The molecule has 0 aliphatic heterocycles. The number of hydrogen-bond acceptors (Lipinski definition) is 5. The quantitative estimate of drug-likeness (QED) is 0.414. The first kappa shape index (κ1) is 20.6. The number of nitrogens with zero attached hydrogens (tertiary/aromatic N) is 2. The van der Waals surface area contributed by atoms with Gasteiger partial charge in [0.25, 0.3) is 0 Å². The first-order valence-electron chi connectivity index (χ1n) is 9.97. The van der Waals surface area contributed by atoms with Crippen molar-refractivity contribution in [2.45, 2.75) is 6.04 Å². The maximum absolute atomic E-state index is 12.8. The fourth-order valence-electron chi connectivity index (χ4n) is 3.22. The van der Waals surface area contributed by atoms with Crippen molar-refractivity contribution < 1.29 is 9.53 Å². The number of ether oxygens (including phenoxy) is 1. The van der Waals surface area contributed by atoms with Crippen molar-refractivity contribution in [3.8, 4) is 11.5 Å². The van der Waals surface area contributed by atoms with Crippen LogP contribution in [-0.2, 0) is 4.79 Å². The molecule has 0 aliphatic carbocycles. The molecule has 0 saturated carbocycles. The number of carbonyl (C=O) groups is 1. The molecule has 31 heavy (non-hydrogen) atoms. The SMILES string of the molecule is CN(CC(=O)NC(c1ccccc1)c1nccs1)c1ccc(Oc2ccccc2)cc1. The van der Waals surface area contributed by atoms with Gasteiger partial charge in [-0.15, -0.1) is 11.3 Å². The molecule has 0 fully saturated rings. The number of amides is 1. The normalized spacial score (nSPS) is 11.5. The molecule has 5 nitrogen and oxygen atoms in total. The van der Waals surface area contributed by atoms with Crippen molar-refractivity contribution in [2.24, 2.45) is 0 Å². The Morgan fingerprint density at radius 1 is 0.968 bits per heavy atom. The number of thiazole rings is 1. The molecule has 6 heteroatoms. The van der Waals surface area contributed by atoms with Gasteiger partial charge in [-0.2, -0.15) is 0 Å². The van der Waals surface area contributed by atoms with Gasteiger partial charge < -0.3 is 15.0 Å². The van der Waals surface area contributed by atoms with Crippen LogP contribution in [0.2, 0.25) is 0 Å². The number of likely N-dealkylation sites (N-methyl/N-ethyl adjacent to an activating group) is 1. The van der Waals surface area contributed by atoms with E-state index in [0.29, 0.717) is 0 Å². The summed E-state index contributed by atoms with van der Waals surface area (Å²) in [6, 6.07) is 27.0. The third-order valence-corrected chi connectivity index (χ3v) is 5.61. The lowest BCUT2D eigenvalue weighted by Crippen LogP contribution is -2.37. The van der Waals surface area contributed by atoms with Crippen LogP contribution in [0, 0.1) is 0 Å². The minimum absolute atomic E-state index is 0.0730. The number of aromatic nitrogens is 1. The maximum atomic E-state index is 12.8. The average Bonchev–Trinajstić information content (AvgIpc) is 3.34. The molecule has 0 spiro atoms. The van der Waals surface area contributed by atoms with Crippen LogP contribution < -0.4 is 15.0 Å². The van der Waals surface area contributed by atoms with Gasteiger partial charge in [-0.05, 0) is 42.0 Å². The molecule has 3 aromatic carbocycles. The highest BCUT2D eigenvalue weighted by atomic mass is 32.1.